The summed E-state index contributed by atoms with van der Waals surface area (Å²) in [6.45, 7) is 8.90. The molecule has 4 N–H and O–H groups in total. The average molecular weight is 523 g/mol. The summed E-state index contributed by atoms with van der Waals surface area (Å²) in [4.78, 5) is 27.7. The van der Waals surface area contributed by atoms with Crippen LogP contribution >= 0.6 is 24.0 Å². The highest BCUT2D eigenvalue weighted by Gasteiger charge is 2.15. The zero-order valence-corrected chi connectivity index (χ0v) is 19.6. The van der Waals surface area contributed by atoms with E-state index in [2.05, 4.69) is 26.3 Å². The SMILES string of the molecule is CCNC(=NCC(=O)Nc1ccc(F)cc1)NCCCNC(=O)OC(C)(C)C.I. The predicted octanol–water partition coefficient (Wildman–Crippen LogP) is 2.85. The van der Waals surface area contributed by atoms with Crippen LogP contribution in [0.5, 0.6) is 0 Å². The second kappa shape index (κ2) is 14.0. The van der Waals surface area contributed by atoms with Crippen LogP contribution < -0.4 is 21.3 Å². The molecule has 8 nitrogen and oxygen atoms in total. The summed E-state index contributed by atoms with van der Waals surface area (Å²) in [6.07, 6.45) is 0.205. The molecule has 0 spiro atoms. The minimum atomic E-state index is -0.526. The van der Waals surface area contributed by atoms with Crippen molar-refractivity contribution in [2.45, 2.75) is 39.7 Å². The minimum Gasteiger partial charge on any atom is -0.444 e. The molecule has 10 heteroatoms. The summed E-state index contributed by atoms with van der Waals surface area (Å²) in [7, 11) is 0. The largest absolute Gasteiger partial charge is 0.444 e. The number of guanidine groups is 1. The van der Waals surface area contributed by atoms with Crippen molar-refractivity contribution in [1.29, 1.82) is 0 Å². The van der Waals surface area contributed by atoms with Gasteiger partial charge in [0.2, 0.25) is 5.91 Å². The van der Waals surface area contributed by atoms with Crippen molar-refractivity contribution in [2.24, 2.45) is 4.99 Å². The van der Waals surface area contributed by atoms with Gasteiger partial charge in [-0.15, -0.1) is 24.0 Å². The second-order valence-corrected chi connectivity index (χ2v) is 6.96. The minimum absolute atomic E-state index is 0. The van der Waals surface area contributed by atoms with Crippen molar-refractivity contribution >= 4 is 47.6 Å². The first-order valence-electron chi connectivity index (χ1n) is 9.24. The van der Waals surface area contributed by atoms with E-state index in [1.165, 1.54) is 24.3 Å². The molecule has 0 bridgehead atoms. The third-order valence-electron chi connectivity index (χ3n) is 3.17. The highest BCUT2D eigenvalue weighted by Crippen LogP contribution is 2.08. The Morgan fingerprint density at radius 3 is 2.28 bits per heavy atom. The average Bonchev–Trinajstić information content (AvgIpc) is 2.59. The molecule has 0 fully saturated rings. The summed E-state index contributed by atoms with van der Waals surface area (Å²) in [5.41, 5.74) is -0.0189. The number of alkyl carbamates (subject to hydrolysis) is 1. The normalized spacial score (nSPS) is 11.1. The van der Waals surface area contributed by atoms with Crippen molar-refractivity contribution in [3.63, 3.8) is 0 Å². The number of carbonyl (C=O) groups excluding carboxylic acids is 2. The molecule has 0 saturated carbocycles. The number of anilines is 1. The molecule has 0 heterocycles. The van der Waals surface area contributed by atoms with E-state index in [9.17, 15) is 14.0 Å². The lowest BCUT2D eigenvalue weighted by atomic mass is 10.2. The maximum absolute atomic E-state index is 12.9. The molecule has 0 aromatic heterocycles. The van der Waals surface area contributed by atoms with Gasteiger partial charge in [0, 0.05) is 25.3 Å². The van der Waals surface area contributed by atoms with Gasteiger partial charge >= 0.3 is 6.09 Å². The Balaban J connectivity index is 0.00000784. The topological polar surface area (TPSA) is 104 Å². The Kier molecular flexibility index (Phi) is 12.9. The molecule has 0 atom stereocenters. The van der Waals surface area contributed by atoms with Crippen LogP contribution in [0.3, 0.4) is 0 Å². The van der Waals surface area contributed by atoms with Crippen LogP contribution in [-0.4, -0.2) is 49.7 Å². The van der Waals surface area contributed by atoms with E-state index in [4.69, 9.17) is 4.74 Å². The van der Waals surface area contributed by atoms with Gasteiger partial charge in [-0.1, -0.05) is 0 Å². The standard InChI is InChI=1S/C19H30FN5O3.HI/c1-5-21-17(22-11-6-12-23-18(27)28-19(2,3)4)24-13-16(26)25-15-9-7-14(20)8-10-15;/h7-10H,5-6,11-13H2,1-4H3,(H,23,27)(H,25,26)(H2,21,22,24);1H. The number of halogens is 2. The summed E-state index contributed by atoms with van der Waals surface area (Å²) in [6, 6.07) is 5.52. The van der Waals surface area contributed by atoms with Gasteiger partial charge in [0.1, 0.15) is 18.0 Å². The number of hydrogen-bond acceptors (Lipinski definition) is 4. The lowest BCUT2D eigenvalue weighted by Crippen LogP contribution is -2.39. The molecular weight excluding hydrogens is 492 g/mol. The zero-order chi connectivity index (χ0) is 21.0. The van der Waals surface area contributed by atoms with Crippen LogP contribution in [0.25, 0.3) is 0 Å². The Morgan fingerprint density at radius 1 is 1.07 bits per heavy atom. The number of amides is 2. The van der Waals surface area contributed by atoms with E-state index in [0.29, 0.717) is 37.7 Å². The van der Waals surface area contributed by atoms with E-state index in [1.807, 2.05) is 6.92 Å². The van der Waals surface area contributed by atoms with Crippen molar-refractivity contribution in [2.75, 3.05) is 31.5 Å². The molecule has 0 radical (unpaired) electrons. The Labute approximate surface area is 188 Å². The molecule has 1 rings (SSSR count). The fourth-order valence-electron chi connectivity index (χ4n) is 2.03. The van der Waals surface area contributed by atoms with Crippen LogP contribution in [0.4, 0.5) is 14.9 Å². The lowest BCUT2D eigenvalue weighted by Gasteiger charge is -2.19. The van der Waals surface area contributed by atoms with Gasteiger partial charge in [-0.2, -0.15) is 0 Å². The number of nitrogens with one attached hydrogen (secondary N) is 4. The Hall–Kier alpha value is -2.11. The Morgan fingerprint density at radius 2 is 1.69 bits per heavy atom. The number of hydrogen-bond donors (Lipinski definition) is 4. The summed E-state index contributed by atoms with van der Waals surface area (Å²) in [5, 5.41) is 11.4. The van der Waals surface area contributed by atoms with Gasteiger partial charge in [-0.25, -0.2) is 14.2 Å². The summed E-state index contributed by atoms with van der Waals surface area (Å²) < 4.78 is 18.0. The molecular formula is C19H31FIN5O3. The zero-order valence-electron chi connectivity index (χ0n) is 17.3. The van der Waals surface area contributed by atoms with E-state index in [0.717, 1.165) is 0 Å². The first kappa shape index (κ1) is 26.9. The van der Waals surface area contributed by atoms with Crippen LogP contribution in [0.1, 0.15) is 34.1 Å². The highest BCUT2D eigenvalue weighted by atomic mass is 127. The number of nitrogens with zero attached hydrogens (tertiary/aromatic N) is 1. The van der Waals surface area contributed by atoms with E-state index >= 15 is 0 Å². The van der Waals surface area contributed by atoms with Crippen molar-refractivity contribution < 1.29 is 18.7 Å². The van der Waals surface area contributed by atoms with Gasteiger partial charge in [0.15, 0.2) is 5.96 Å². The van der Waals surface area contributed by atoms with Crippen LogP contribution in [0.15, 0.2) is 29.3 Å². The molecule has 0 aliphatic heterocycles. The smallest absolute Gasteiger partial charge is 0.407 e. The molecule has 0 unspecified atom stereocenters. The van der Waals surface area contributed by atoms with Gasteiger partial charge in [-0.3, -0.25) is 4.79 Å². The lowest BCUT2D eigenvalue weighted by molar-refractivity contribution is -0.114. The highest BCUT2D eigenvalue weighted by molar-refractivity contribution is 14.0. The van der Waals surface area contributed by atoms with Gasteiger partial charge < -0.3 is 26.0 Å². The van der Waals surface area contributed by atoms with Crippen molar-refractivity contribution in [1.82, 2.24) is 16.0 Å². The number of ether oxygens (including phenoxy) is 1. The molecule has 2 amide bonds. The van der Waals surface area contributed by atoms with E-state index in [1.54, 1.807) is 20.8 Å². The molecule has 1 aromatic carbocycles. The molecule has 164 valence electrons. The molecule has 0 aliphatic rings. The van der Waals surface area contributed by atoms with Gasteiger partial charge in [0.05, 0.1) is 0 Å². The Bertz CT molecular complexity index is 663. The second-order valence-electron chi connectivity index (χ2n) is 6.96. The molecule has 0 aliphatic carbocycles. The van der Waals surface area contributed by atoms with Crippen molar-refractivity contribution in [3.8, 4) is 0 Å². The van der Waals surface area contributed by atoms with Crippen LogP contribution in [0, 0.1) is 5.82 Å². The number of benzene rings is 1. The molecule has 29 heavy (non-hydrogen) atoms. The van der Waals surface area contributed by atoms with Gasteiger partial charge in [0.25, 0.3) is 0 Å². The summed E-state index contributed by atoms with van der Waals surface area (Å²) >= 11 is 0. The predicted molar refractivity (Wildman–Crippen MR) is 123 cm³/mol. The first-order valence-corrected chi connectivity index (χ1v) is 9.24. The third kappa shape index (κ3) is 13.7. The fourth-order valence-corrected chi connectivity index (χ4v) is 2.03. The number of rotatable bonds is 8. The number of aliphatic imine (C=N–C) groups is 1. The number of carbonyl (C=O) groups is 2. The maximum atomic E-state index is 12.9. The quantitative estimate of drug-likeness (QED) is 0.182. The van der Waals surface area contributed by atoms with Gasteiger partial charge in [-0.05, 0) is 58.4 Å². The van der Waals surface area contributed by atoms with Crippen LogP contribution in [0.2, 0.25) is 0 Å². The fraction of sp³-hybridized carbons (Fsp3) is 0.526. The first-order chi connectivity index (χ1) is 13.2. The van der Waals surface area contributed by atoms with E-state index < -0.39 is 11.7 Å². The molecule has 1 aromatic rings. The molecule has 0 saturated heterocycles. The summed E-state index contributed by atoms with van der Waals surface area (Å²) in [5.74, 6) is -0.180. The maximum Gasteiger partial charge on any atom is 0.407 e. The van der Waals surface area contributed by atoms with Crippen LogP contribution in [-0.2, 0) is 9.53 Å². The monoisotopic (exact) mass is 523 g/mol. The van der Waals surface area contributed by atoms with E-state index in [-0.39, 0.29) is 42.2 Å². The van der Waals surface area contributed by atoms with Crippen molar-refractivity contribution in [3.05, 3.63) is 30.1 Å². The third-order valence-corrected chi connectivity index (χ3v) is 3.17.